The van der Waals surface area contributed by atoms with Gasteiger partial charge in [-0.25, -0.2) is 0 Å². The maximum absolute atomic E-state index is 12.2. The topological polar surface area (TPSA) is 48.1 Å². The Kier molecular flexibility index (Phi) is 4.29. The van der Waals surface area contributed by atoms with Crippen molar-refractivity contribution in [1.29, 1.82) is 0 Å². The molecule has 1 aromatic carbocycles. The first kappa shape index (κ1) is 14.8. The first-order chi connectivity index (χ1) is 9.35. The van der Waals surface area contributed by atoms with Crippen molar-refractivity contribution in [3.63, 3.8) is 0 Å². The monoisotopic (exact) mass is 346 g/mol. The summed E-state index contributed by atoms with van der Waals surface area (Å²) in [6, 6.07) is 6.75. The molecule has 7 heteroatoms. The van der Waals surface area contributed by atoms with Crippen molar-refractivity contribution in [2.24, 2.45) is 5.73 Å². The van der Waals surface area contributed by atoms with Gasteiger partial charge in [-0.05, 0) is 45.3 Å². The average molecular weight is 347 g/mol. The number of halogens is 4. The smallest absolute Gasteiger partial charge is 0.406 e. The van der Waals surface area contributed by atoms with E-state index in [0.29, 0.717) is 11.1 Å². The number of nitrogens with two attached hydrogens (primary N) is 1. The molecule has 2 aromatic rings. The predicted octanol–water partition coefficient (Wildman–Crippen LogP) is 3.79. The highest BCUT2D eigenvalue weighted by molar-refractivity contribution is 9.10. The van der Waals surface area contributed by atoms with Gasteiger partial charge in [0.15, 0.2) is 0 Å². The van der Waals surface area contributed by atoms with Gasteiger partial charge < -0.3 is 10.5 Å². The fourth-order valence-electron chi connectivity index (χ4n) is 1.70. The van der Waals surface area contributed by atoms with Crippen LogP contribution in [0.4, 0.5) is 13.2 Å². The van der Waals surface area contributed by atoms with Crippen LogP contribution in [-0.2, 0) is 0 Å². The molecule has 0 aliphatic carbocycles. The molecule has 1 heterocycles. The summed E-state index contributed by atoms with van der Waals surface area (Å²) in [5, 5.41) is 0. The van der Waals surface area contributed by atoms with E-state index in [9.17, 15) is 13.2 Å². The van der Waals surface area contributed by atoms with Gasteiger partial charge in [-0.3, -0.25) is 4.98 Å². The Balaban J connectivity index is 2.26. The van der Waals surface area contributed by atoms with E-state index in [1.165, 1.54) is 18.2 Å². The highest BCUT2D eigenvalue weighted by Gasteiger charge is 2.31. The number of alkyl halides is 3. The quantitative estimate of drug-likeness (QED) is 0.919. The largest absolute Gasteiger partial charge is 0.573 e. The Morgan fingerprint density at radius 3 is 2.55 bits per heavy atom. The second kappa shape index (κ2) is 5.80. The zero-order chi connectivity index (χ0) is 14.8. The number of hydrogen-bond donors (Lipinski definition) is 1. The van der Waals surface area contributed by atoms with Crippen molar-refractivity contribution in [2.45, 2.75) is 12.4 Å². The van der Waals surface area contributed by atoms with E-state index >= 15 is 0 Å². The van der Waals surface area contributed by atoms with Gasteiger partial charge >= 0.3 is 6.36 Å². The van der Waals surface area contributed by atoms with Crippen LogP contribution in [0.15, 0.2) is 47.2 Å². The fraction of sp³-hybridized carbons (Fsp3) is 0.154. The van der Waals surface area contributed by atoms with E-state index in [4.69, 9.17) is 5.73 Å². The third-order valence-corrected chi connectivity index (χ3v) is 2.97. The van der Waals surface area contributed by atoms with Crippen molar-refractivity contribution in [1.82, 2.24) is 4.98 Å². The van der Waals surface area contributed by atoms with Crippen LogP contribution >= 0.6 is 15.9 Å². The van der Waals surface area contributed by atoms with E-state index in [1.54, 1.807) is 24.5 Å². The van der Waals surface area contributed by atoms with Crippen molar-refractivity contribution in [3.8, 4) is 5.75 Å². The van der Waals surface area contributed by atoms with E-state index in [0.717, 1.165) is 4.47 Å². The molecule has 2 rings (SSSR count). The molecular formula is C13H10BrF3N2O. The number of pyridine rings is 1. The number of benzene rings is 1. The molecule has 0 aliphatic rings. The van der Waals surface area contributed by atoms with Crippen LogP contribution in [0.2, 0.25) is 0 Å². The second-order valence-corrected chi connectivity index (χ2v) is 4.95. The van der Waals surface area contributed by atoms with Crippen LogP contribution in [0.3, 0.4) is 0 Å². The molecule has 0 aliphatic heterocycles. The van der Waals surface area contributed by atoms with Gasteiger partial charge in [0.2, 0.25) is 0 Å². The molecule has 0 saturated carbocycles. The lowest BCUT2D eigenvalue weighted by Crippen LogP contribution is -2.18. The lowest BCUT2D eigenvalue weighted by Gasteiger charge is -2.15. The van der Waals surface area contributed by atoms with Crippen molar-refractivity contribution in [2.75, 3.05) is 0 Å². The zero-order valence-electron chi connectivity index (χ0n) is 10.1. The molecule has 0 bridgehead atoms. The van der Waals surface area contributed by atoms with E-state index in [1.807, 2.05) is 0 Å². The van der Waals surface area contributed by atoms with Gasteiger partial charge in [-0.15, -0.1) is 13.2 Å². The summed E-state index contributed by atoms with van der Waals surface area (Å²) in [5.74, 6) is -0.298. The Hall–Kier alpha value is -1.60. The van der Waals surface area contributed by atoms with Crippen LogP contribution in [0.1, 0.15) is 17.2 Å². The average Bonchev–Trinajstić information content (AvgIpc) is 2.36. The molecule has 0 amide bonds. The molecule has 0 fully saturated rings. The number of hydrogen-bond acceptors (Lipinski definition) is 3. The maximum atomic E-state index is 12.2. The highest BCUT2D eigenvalue weighted by atomic mass is 79.9. The van der Waals surface area contributed by atoms with Gasteiger partial charge in [-0.2, -0.15) is 0 Å². The highest BCUT2D eigenvalue weighted by Crippen LogP contribution is 2.27. The third-order valence-electron chi connectivity index (χ3n) is 2.54. The molecule has 2 N–H and O–H groups in total. The number of rotatable bonds is 3. The minimum Gasteiger partial charge on any atom is -0.406 e. The predicted molar refractivity (Wildman–Crippen MR) is 71.1 cm³/mol. The Bertz CT molecular complexity index is 604. The standard InChI is InChI=1S/C13H10BrF3N2O/c14-10-4-9(6-19-7-10)12(18)8-2-1-3-11(5-8)20-13(15,16)17/h1-7,12H,18H2. The minimum absolute atomic E-state index is 0.298. The fourth-order valence-corrected chi connectivity index (χ4v) is 2.08. The first-order valence-corrected chi connectivity index (χ1v) is 6.36. The lowest BCUT2D eigenvalue weighted by molar-refractivity contribution is -0.274. The van der Waals surface area contributed by atoms with Crippen LogP contribution in [0.5, 0.6) is 5.75 Å². The Morgan fingerprint density at radius 1 is 1.15 bits per heavy atom. The van der Waals surface area contributed by atoms with Gasteiger partial charge in [0.25, 0.3) is 0 Å². The van der Waals surface area contributed by atoms with Gasteiger partial charge in [0, 0.05) is 16.9 Å². The SMILES string of the molecule is NC(c1cncc(Br)c1)c1cccc(OC(F)(F)F)c1. The van der Waals surface area contributed by atoms with Crippen LogP contribution in [0.25, 0.3) is 0 Å². The summed E-state index contributed by atoms with van der Waals surface area (Å²) < 4.78 is 41.2. The van der Waals surface area contributed by atoms with E-state index in [-0.39, 0.29) is 5.75 Å². The van der Waals surface area contributed by atoms with Gasteiger partial charge in [-0.1, -0.05) is 12.1 Å². The molecular weight excluding hydrogens is 337 g/mol. The summed E-state index contributed by atoms with van der Waals surface area (Å²) >= 11 is 3.27. The van der Waals surface area contributed by atoms with E-state index < -0.39 is 12.4 Å². The number of nitrogens with zero attached hydrogens (tertiary/aromatic N) is 1. The van der Waals surface area contributed by atoms with Gasteiger partial charge in [0.05, 0.1) is 6.04 Å². The van der Waals surface area contributed by atoms with Gasteiger partial charge in [0.1, 0.15) is 5.75 Å². The Morgan fingerprint density at radius 2 is 1.90 bits per heavy atom. The molecule has 3 nitrogen and oxygen atoms in total. The number of ether oxygens (including phenoxy) is 1. The molecule has 1 aromatic heterocycles. The van der Waals surface area contributed by atoms with Crippen LogP contribution in [-0.4, -0.2) is 11.3 Å². The maximum Gasteiger partial charge on any atom is 0.573 e. The summed E-state index contributed by atoms with van der Waals surface area (Å²) in [7, 11) is 0. The summed E-state index contributed by atoms with van der Waals surface area (Å²) in [4.78, 5) is 3.97. The summed E-state index contributed by atoms with van der Waals surface area (Å²) in [5.41, 5.74) is 7.21. The first-order valence-electron chi connectivity index (χ1n) is 5.57. The van der Waals surface area contributed by atoms with Crippen molar-refractivity contribution in [3.05, 3.63) is 58.3 Å². The minimum atomic E-state index is -4.72. The molecule has 1 unspecified atom stereocenters. The molecule has 20 heavy (non-hydrogen) atoms. The van der Waals surface area contributed by atoms with Crippen molar-refractivity contribution < 1.29 is 17.9 Å². The third kappa shape index (κ3) is 3.94. The molecule has 0 saturated heterocycles. The van der Waals surface area contributed by atoms with E-state index in [2.05, 4.69) is 25.7 Å². The zero-order valence-corrected chi connectivity index (χ0v) is 11.6. The summed E-state index contributed by atoms with van der Waals surface area (Å²) in [6.45, 7) is 0. The normalized spacial score (nSPS) is 13.1. The number of aromatic nitrogens is 1. The molecule has 0 spiro atoms. The molecule has 106 valence electrons. The van der Waals surface area contributed by atoms with Crippen LogP contribution < -0.4 is 10.5 Å². The molecule has 0 radical (unpaired) electrons. The molecule has 1 atom stereocenters. The Labute approximate surface area is 121 Å². The van der Waals surface area contributed by atoms with Crippen molar-refractivity contribution >= 4 is 15.9 Å². The van der Waals surface area contributed by atoms with Crippen LogP contribution in [0, 0.1) is 0 Å². The summed E-state index contributed by atoms with van der Waals surface area (Å²) in [6.07, 6.45) is -1.56. The lowest BCUT2D eigenvalue weighted by atomic mass is 10.0. The second-order valence-electron chi connectivity index (χ2n) is 4.03.